The molecule has 0 radical (unpaired) electrons. The molecule has 0 amide bonds. The van der Waals surface area contributed by atoms with Crippen LogP contribution in [0.5, 0.6) is 17.2 Å². The first-order valence-corrected chi connectivity index (χ1v) is 6.83. The number of methoxy groups -OCH3 is 2. The second-order valence-corrected chi connectivity index (χ2v) is 4.72. The van der Waals surface area contributed by atoms with Crippen molar-refractivity contribution in [3.8, 4) is 17.2 Å². The Balaban J connectivity index is 1.97. The lowest BCUT2D eigenvalue weighted by atomic mass is 10.0. The molecule has 3 rings (SSSR count). The number of ether oxygens (including phenoxy) is 3. The summed E-state index contributed by atoms with van der Waals surface area (Å²) < 4.78 is 16.1. The maximum absolute atomic E-state index is 5.67. The van der Waals surface area contributed by atoms with Gasteiger partial charge in [-0.2, -0.15) is 0 Å². The van der Waals surface area contributed by atoms with Gasteiger partial charge >= 0.3 is 0 Å². The Morgan fingerprint density at radius 2 is 1.67 bits per heavy atom. The third-order valence-corrected chi connectivity index (χ3v) is 3.43. The molecule has 0 atom stereocenters. The quantitative estimate of drug-likeness (QED) is 0.864. The Hall–Kier alpha value is -2.49. The third kappa shape index (κ3) is 2.84. The first-order valence-electron chi connectivity index (χ1n) is 6.83. The summed E-state index contributed by atoms with van der Waals surface area (Å²) in [4.78, 5) is 4.74. The van der Waals surface area contributed by atoms with Crippen LogP contribution in [0.1, 0.15) is 12.0 Å². The highest BCUT2D eigenvalue weighted by Crippen LogP contribution is 2.30. The maximum Gasteiger partial charge on any atom is 0.128 e. The fourth-order valence-electron chi connectivity index (χ4n) is 2.31. The average molecular weight is 283 g/mol. The van der Waals surface area contributed by atoms with Gasteiger partial charge in [0.05, 0.1) is 32.2 Å². The molecular weight excluding hydrogens is 266 g/mol. The lowest BCUT2D eigenvalue weighted by Crippen LogP contribution is -2.16. The molecule has 0 aliphatic carbocycles. The summed E-state index contributed by atoms with van der Waals surface area (Å²) in [7, 11) is 3.31. The highest BCUT2D eigenvalue weighted by molar-refractivity contribution is 6.05. The van der Waals surface area contributed by atoms with Crippen molar-refractivity contribution in [1.29, 1.82) is 0 Å². The second kappa shape index (κ2) is 5.87. The van der Waals surface area contributed by atoms with Crippen LogP contribution in [-0.4, -0.2) is 26.5 Å². The van der Waals surface area contributed by atoms with Gasteiger partial charge in [-0.05, 0) is 42.5 Å². The van der Waals surface area contributed by atoms with E-state index >= 15 is 0 Å². The standard InChI is InChI=1S/C17H17NO3/c1-19-13-5-3-12(4-6-13)18-16-9-10-21-17-8-7-14(20-2)11-15(16)17/h3-8,11H,9-10H2,1-2H3. The number of benzene rings is 2. The molecule has 0 aromatic heterocycles. The van der Waals surface area contributed by atoms with Crippen LogP contribution < -0.4 is 14.2 Å². The minimum atomic E-state index is 0.647. The van der Waals surface area contributed by atoms with Crippen LogP contribution in [0.15, 0.2) is 47.5 Å². The predicted octanol–water partition coefficient (Wildman–Crippen LogP) is 3.61. The van der Waals surface area contributed by atoms with Crippen molar-refractivity contribution in [3.05, 3.63) is 48.0 Å². The van der Waals surface area contributed by atoms with Crippen LogP contribution >= 0.6 is 0 Å². The van der Waals surface area contributed by atoms with E-state index in [4.69, 9.17) is 19.2 Å². The first kappa shape index (κ1) is 13.5. The molecular formula is C17H17NO3. The highest BCUT2D eigenvalue weighted by atomic mass is 16.5. The molecule has 2 aromatic carbocycles. The van der Waals surface area contributed by atoms with Gasteiger partial charge in [0.25, 0.3) is 0 Å². The van der Waals surface area contributed by atoms with E-state index in [1.165, 1.54) is 0 Å². The number of fused-ring (bicyclic) bond motifs is 1. The van der Waals surface area contributed by atoms with Gasteiger partial charge < -0.3 is 14.2 Å². The summed E-state index contributed by atoms with van der Waals surface area (Å²) in [6.45, 7) is 0.647. The summed E-state index contributed by atoms with van der Waals surface area (Å²) in [6.07, 6.45) is 0.784. The summed E-state index contributed by atoms with van der Waals surface area (Å²) >= 11 is 0. The van der Waals surface area contributed by atoms with Gasteiger partial charge in [-0.3, -0.25) is 4.99 Å². The Labute approximate surface area is 124 Å². The van der Waals surface area contributed by atoms with Crippen LogP contribution in [0.25, 0.3) is 0 Å². The van der Waals surface area contributed by atoms with Gasteiger partial charge in [-0.25, -0.2) is 0 Å². The molecule has 0 fully saturated rings. The molecule has 0 unspecified atom stereocenters. The van der Waals surface area contributed by atoms with Crippen LogP contribution in [0.3, 0.4) is 0 Å². The van der Waals surface area contributed by atoms with Gasteiger partial charge in [-0.1, -0.05) is 0 Å². The van der Waals surface area contributed by atoms with E-state index in [1.54, 1.807) is 14.2 Å². The van der Waals surface area contributed by atoms with E-state index in [2.05, 4.69) is 0 Å². The van der Waals surface area contributed by atoms with Crippen LogP contribution in [0, 0.1) is 0 Å². The van der Waals surface area contributed by atoms with Crippen LogP contribution in [0.4, 0.5) is 5.69 Å². The van der Waals surface area contributed by atoms with E-state index in [0.29, 0.717) is 6.61 Å². The topological polar surface area (TPSA) is 40.0 Å². The van der Waals surface area contributed by atoms with Crippen molar-refractivity contribution in [2.45, 2.75) is 6.42 Å². The van der Waals surface area contributed by atoms with Gasteiger partial charge in [0.1, 0.15) is 17.2 Å². The van der Waals surface area contributed by atoms with E-state index in [9.17, 15) is 0 Å². The molecule has 1 aliphatic rings. The van der Waals surface area contributed by atoms with Crippen molar-refractivity contribution in [3.63, 3.8) is 0 Å². The number of aliphatic imine (C=N–C) groups is 1. The lowest BCUT2D eigenvalue weighted by molar-refractivity contribution is 0.319. The molecule has 0 spiro atoms. The summed E-state index contributed by atoms with van der Waals surface area (Å²) in [5.41, 5.74) is 2.92. The number of hydrogen-bond acceptors (Lipinski definition) is 4. The van der Waals surface area contributed by atoms with Crippen LogP contribution in [-0.2, 0) is 0 Å². The molecule has 1 aliphatic heterocycles. The van der Waals surface area contributed by atoms with Crippen molar-refractivity contribution < 1.29 is 14.2 Å². The zero-order valence-corrected chi connectivity index (χ0v) is 12.1. The normalized spacial score (nSPS) is 15.2. The zero-order chi connectivity index (χ0) is 14.7. The Morgan fingerprint density at radius 1 is 0.952 bits per heavy atom. The molecule has 108 valence electrons. The fourth-order valence-corrected chi connectivity index (χ4v) is 2.31. The molecule has 0 N–H and O–H groups in total. The maximum atomic E-state index is 5.67. The van der Waals surface area contributed by atoms with E-state index in [1.807, 2.05) is 42.5 Å². The van der Waals surface area contributed by atoms with Gasteiger partial charge in [0, 0.05) is 12.0 Å². The van der Waals surface area contributed by atoms with E-state index in [0.717, 1.165) is 40.6 Å². The number of rotatable bonds is 3. The SMILES string of the molecule is COc1ccc(N=C2CCOc3ccc(OC)cc32)cc1. The minimum Gasteiger partial charge on any atom is -0.497 e. The van der Waals surface area contributed by atoms with Crippen molar-refractivity contribution >= 4 is 11.4 Å². The summed E-state index contributed by atoms with van der Waals surface area (Å²) in [5.74, 6) is 2.49. The molecule has 1 heterocycles. The van der Waals surface area contributed by atoms with Crippen LogP contribution in [0.2, 0.25) is 0 Å². The summed E-state index contributed by atoms with van der Waals surface area (Å²) in [5, 5.41) is 0. The van der Waals surface area contributed by atoms with Gasteiger partial charge in [-0.15, -0.1) is 0 Å². The Bertz CT molecular complexity index is 662. The average Bonchev–Trinajstić information content (AvgIpc) is 2.55. The molecule has 0 bridgehead atoms. The molecule has 4 heteroatoms. The number of hydrogen-bond donors (Lipinski definition) is 0. The highest BCUT2D eigenvalue weighted by Gasteiger charge is 2.17. The smallest absolute Gasteiger partial charge is 0.128 e. The zero-order valence-electron chi connectivity index (χ0n) is 12.1. The number of nitrogens with zero attached hydrogens (tertiary/aromatic N) is 1. The Kier molecular flexibility index (Phi) is 3.77. The fraction of sp³-hybridized carbons (Fsp3) is 0.235. The third-order valence-electron chi connectivity index (χ3n) is 3.43. The van der Waals surface area contributed by atoms with Gasteiger partial charge in [0.2, 0.25) is 0 Å². The van der Waals surface area contributed by atoms with Gasteiger partial charge in [0.15, 0.2) is 0 Å². The van der Waals surface area contributed by atoms with Crippen molar-refractivity contribution in [1.82, 2.24) is 0 Å². The molecule has 21 heavy (non-hydrogen) atoms. The Morgan fingerprint density at radius 3 is 2.38 bits per heavy atom. The molecule has 0 saturated carbocycles. The van der Waals surface area contributed by atoms with Crippen molar-refractivity contribution in [2.24, 2.45) is 4.99 Å². The molecule has 0 saturated heterocycles. The van der Waals surface area contributed by atoms with Crippen molar-refractivity contribution in [2.75, 3.05) is 20.8 Å². The predicted molar refractivity (Wildman–Crippen MR) is 82.3 cm³/mol. The first-order chi connectivity index (χ1) is 10.3. The minimum absolute atomic E-state index is 0.647. The molecule has 4 nitrogen and oxygen atoms in total. The van der Waals surface area contributed by atoms with E-state index < -0.39 is 0 Å². The summed E-state index contributed by atoms with van der Waals surface area (Å²) in [6, 6.07) is 13.5. The molecule has 2 aromatic rings. The second-order valence-electron chi connectivity index (χ2n) is 4.72. The van der Waals surface area contributed by atoms with E-state index in [-0.39, 0.29) is 0 Å². The lowest BCUT2D eigenvalue weighted by Gasteiger charge is -2.19. The largest absolute Gasteiger partial charge is 0.497 e. The monoisotopic (exact) mass is 283 g/mol.